The standard InChI is InChI=1S/C14H16FNO4S/c1-9-13(10(2)20-16-9)7-21(18,19)8-14(17)11-3-5-12(15)6-4-11/h3-6,14,17H,7-8H2,1-2H3. The van der Waals surface area contributed by atoms with Gasteiger partial charge in [0.25, 0.3) is 0 Å². The number of aliphatic hydroxyl groups excluding tert-OH is 1. The van der Waals surface area contributed by atoms with Crippen molar-refractivity contribution in [1.82, 2.24) is 5.16 Å². The van der Waals surface area contributed by atoms with Crippen LogP contribution >= 0.6 is 0 Å². The number of halogens is 1. The van der Waals surface area contributed by atoms with Gasteiger partial charge in [-0.05, 0) is 31.5 Å². The van der Waals surface area contributed by atoms with Gasteiger partial charge >= 0.3 is 0 Å². The molecule has 2 rings (SSSR count). The van der Waals surface area contributed by atoms with Crippen LogP contribution in [0.15, 0.2) is 28.8 Å². The quantitative estimate of drug-likeness (QED) is 0.914. The van der Waals surface area contributed by atoms with Crippen molar-refractivity contribution in [1.29, 1.82) is 0 Å². The zero-order valence-electron chi connectivity index (χ0n) is 11.7. The molecule has 0 fully saturated rings. The first-order chi connectivity index (χ1) is 9.78. The Labute approximate surface area is 122 Å². The highest BCUT2D eigenvalue weighted by Crippen LogP contribution is 2.20. The molecule has 1 aromatic carbocycles. The summed E-state index contributed by atoms with van der Waals surface area (Å²) < 4.78 is 42.0. The maximum Gasteiger partial charge on any atom is 0.157 e. The molecule has 21 heavy (non-hydrogen) atoms. The summed E-state index contributed by atoms with van der Waals surface area (Å²) in [6.45, 7) is 3.30. The Morgan fingerprint density at radius 1 is 1.29 bits per heavy atom. The van der Waals surface area contributed by atoms with E-state index in [0.29, 0.717) is 22.6 Å². The van der Waals surface area contributed by atoms with Gasteiger partial charge in [0.1, 0.15) is 11.6 Å². The number of benzene rings is 1. The highest BCUT2D eigenvalue weighted by Gasteiger charge is 2.23. The molecular weight excluding hydrogens is 297 g/mol. The first-order valence-corrected chi connectivity index (χ1v) is 8.16. The normalized spacial score (nSPS) is 13.3. The third-order valence-electron chi connectivity index (χ3n) is 3.21. The van der Waals surface area contributed by atoms with Crippen molar-refractivity contribution in [2.75, 3.05) is 5.75 Å². The van der Waals surface area contributed by atoms with Gasteiger partial charge < -0.3 is 9.63 Å². The Balaban J connectivity index is 2.12. The molecule has 0 aliphatic carbocycles. The zero-order valence-corrected chi connectivity index (χ0v) is 12.5. The molecule has 7 heteroatoms. The summed E-state index contributed by atoms with van der Waals surface area (Å²) in [5.74, 6) is -0.674. The van der Waals surface area contributed by atoms with Crippen LogP contribution in [0.1, 0.15) is 28.7 Å². The van der Waals surface area contributed by atoms with E-state index in [4.69, 9.17) is 4.52 Å². The van der Waals surface area contributed by atoms with Gasteiger partial charge in [-0.1, -0.05) is 17.3 Å². The summed E-state index contributed by atoms with van der Waals surface area (Å²) in [7, 11) is -3.55. The first-order valence-electron chi connectivity index (χ1n) is 6.34. The molecule has 0 bridgehead atoms. The number of hydrogen-bond donors (Lipinski definition) is 1. The Morgan fingerprint density at radius 3 is 2.43 bits per heavy atom. The highest BCUT2D eigenvalue weighted by atomic mass is 32.2. The molecule has 1 heterocycles. The fourth-order valence-corrected chi connectivity index (χ4v) is 3.65. The van der Waals surface area contributed by atoms with Crippen molar-refractivity contribution in [2.45, 2.75) is 25.7 Å². The van der Waals surface area contributed by atoms with Gasteiger partial charge in [-0.15, -0.1) is 0 Å². The molecule has 0 aliphatic heterocycles. The van der Waals surface area contributed by atoms with Crippen LogP contribution in [-0.2, 0) is 15.6 Å². The third-order valence-corrected chi connectivity index (χ3v) is 4.76. The highest BCUT2D eigenvalue weighted by molar-refractivity contribution is 7.90. The largest absolute Gasteiger partial charge is 0.387 e. The van der Waals surface area contributed by atoms with E-state index in [1.54, 1.807) is 13.8 Å². The molecule has 1 unspecified atom stereocenters. The van der Waals surface area contributed by atoms with Crippen molar-refractivity contribution < 1.29 is 22.4 Å². The van der Waals surface area contributed by atoms with Crippen LogP contribution < -0.4 is 0 Å². The summed E-state index contributed by atoms with van der Waals surface area (Å²) in [5.41, 5.74) is 1.40. The molecule has 5 nitrogen and oxygen atoms in total. The van der Waals surface area contributed by atoms with Crippen LogP contribution in [0.3, 0.4) is 0 Å². The molecule has 0 aliphatic rings. The van der Waals surface area contributed by atoms with Gasteiger partial charge in [0.15, 0.2) is 9.84 Å². The molecule has 0 saturated heterocycles. The third kappa shape index (κ3) is 3.89. The van der Waals surface area contributed by atoms with Crippen LogP contribution in [0, 0.1) is 19.7 Å². The second-order valence-corrected chi connectivity index (χ2v) is 7.03. The Kier molecular flexibility index (Phi) is 4.43. The van der Waals surface area contributed by atoms with Crippen molar-refractivity contribution in [3.63, 3.8) is 0 Å². The summed E-state index contributed by atoms with van der Waals surface area (Å²) in [6.07, 6.45) is -1.20. The lowest BCUT2D eigenvalue weighted by Gasteiger charge is -2.11. The first kappa shape index (κ1) is 15.7. The van der Waals surface area contributed by atoms with Crippen LogP contribution in [-0.4, -0.2) is 24.4 Å². The Bertz CT molecular complexity index is 702. The Hall–Kier alpha value is -1.73. The Morgan fingerprint density at radius 2 is 1.90 bits per heavy atom. The topological polar surface area (TPSA) is 80.4 Å². The predicted octanol–water partition coefficient (Wildman–Crippen LogP) is 2.08. The predicted molar refractivity (Wildman–Crippen MR) is 74.8 cm³/mol. The number of nitrogens with zero attached hydrogens (tertiary/aromatic N) is 1. The van der Waals surface area contributed by atoms with E-state index >= 15 is 0 Å². The molecule has 0 spiro atoms. The van der Waals surface area contributed by atoms with Gasteiger partial charge in [0.2, 0.25) is 0 Å². The van der Waals surface area contributed by atoms with Crippen molar-refractivity contribution in [3.05, 3.63) is 52.7 Å². The van der Waals surface area contributed by atoms with E-state index in [2.05, 4.69) is 5.16 Å². The fourth-order valence-electron chi connectivity index (χ4n) is 2.01. The van der Waals surface area contributed by atoms with E-state index in [9.17, 15) is 17.9 Å². The van der Waals surface area contributed by atoms with Crippen LogP contribution in [0.25, 0.3) is 0 Å². The lowest BCUT2D eigenvalue weighted by Crippen LogP contribution is -2.17. The molecular formula is C14H16FNO4S. The van der Waals surface area contributed by atoms with Gasteiger partial charge in [0.05, 0.1) is 23.3 Å². The van der Waals surface area contributed by atoms with E-state index in [1.165, 1.54) is 24.3 Å². The zero-order chi connectivity index (χ0) is 15.6. The minimum absolute atomic E-state index is 0.244. The number of rotatable bonds is 5. The van der Waals surface area contributed by atoms with Crippen molar-refractivity contribution in [2.24, 2.45) is 0 Å². The SMILES string of the molecule is Cc1noc(C)c1CS(=O)(=O)CC(O)c1ccc(F)cc1. The number of hydrogen-bond acceptors (Lipinski definition) is 5. The molecule has 1 N–H and O–H groups in total. The van der Waals surface area contributed by atoms with E-state index < -0.39 is 27.5 Å². The second kappa shape index (κ2) is 5.95. The molecule has 1 atom stereocenters. The number of sulfone groups is 1. The van der Waals surface area contributed by atoms with Gasteiger partial charge in [-0.25, -0.2) is 12.8 Å². The van der Waals surface area contributed by atoms with Gasteiger partial charge in [0, 0.05) is 5.56 Å². The van der Waals surface area contributed by atoms with Crippen LogP contribution in [0.2, 0.25) is 0 Å². The van der Waals surface area contributed by atoms with Crippen molar-refractivity contribution >= 4 is 9.84 Å². The van der Waals surface area contributed by atoms with Crippen LogP contribution in [0.5, 0.6) is 0 Å². The average molecular weight is 313 g/mol. The molecule has 114 valence electrons. The number of aromatic nitrogens is 1. The average Bonchev–Trinajstić information content (AvgIpc) is 2.70. The monoisotopic (exact) mass is 313 g/mol. The molecule has 0 amide bonds. The summed E-state index contributed by atoms with van der Waals surface area (Å²) in [6, 6.07) is 5.09. The number of aryl methyl sites for hydroxylation is 2. The second-order valence-electron chi connectivity index (χ2n) is 4.92. The summed E-state index contributed by atoms with van der Waals surface area (Å²) >= 11 is 0. The van der Waals surface area contributed by atoms with Crippen molar-refractivity contribution in [3.8, 4) is 0 Å². The summed E-state index contributed by atoms with van der Waals surface area (Å²) in [4.78, 5) is 0. The van der Waals surface area contributed by atoms with E-state index in [1.807, 2.05) is 0 Å². The van der Waals surface area contributed by atoms with Gasteiger partial charge in [-0.3, -0.25) is 0 Å². The van der Waals surface area contributed by atoms with Gasteiger partial charge in [-0.2, -0.15) is 0 Å². The van der Waals surface area contributed by atoms with E-state index in [-0.39, 0.29) is 5.75 Å². The number of aliphatic hydroxyl groups is 1. The lowest BCUT2D eigenvalue weighted by atomic mass is 10.1. The smallest absolute Gasteiger partial charge is 0.157 e. The maximum atomic E-state index is 12.8. The molecule has 2 aromatic rings. The minimum atomic E-state index is -3.55. The maximum absolute atomic E-state index is 12.8. The summed E-state index contributed by atoms with van der Waals surface area (Å²) in [5, 5.41) is 13.7. The molecule has 1 aromatic heterocycles. The molecule has 0 saturated carbocycles. The lowest BCUT2D eigenvalue weighted by molar-refractivity contribution is 0.201. The fraction of sp³-hybridized carbons (Fsp3) is 0.357. The minimum Gasteiger partial charge on any atom is -0.387 e. The van der Waals surface area contributed by atoms with Crippen LogP contribution in [0.4, 0.5) is 4.39 Å². The van der Waals surface area contributed by atoms with E-state index in [0.717, 1.165) is 0 Å². The molecule has 0 radical (unpaired) electrons.